The smallest absolute Gasteiger partial charge is 0.266 e. The molecule has 0 aromatic heterocycles. The van der Waals surface area contributed by atoms with Crippen molar-refractivity contribution in [2.45, 2.75) is 0 Å². The van der Waals surface area contributed by atoms with Crippen molar-refractivity contribution in [1.29, 1.82) is 5.26 Å². The van der Waals surface area contributed by atoms with Crippen LogP contribution in [0.3, 0.4) is 0 Å². The number of morpholine rings is 1. The van der Waals surface area contributed by atoms with E-state index in [0.717, 1.165) is 5.69 Å². The number of amides is 1. The molecule has 1 N–H and O–H groups in total. The van der Waals surface area contributed by atoms with Gasteiger partial charge in [0.2, 0.25) is 0 Å². The van der Waals surface area contributed by atoms with Crippen LogP contribution < -0.4 is 15.0 Å². The first-order valence-electron chi connectivity index (χ1n) is 9.32. The molecule has 1 aliphatic rings. The Labute approximate surface area is 180 Å². The van der Waals surface area contributed by atoms with Crippen molar-refractivity contribution < 1.29 is 14.3 Å². The van der Waals surface area contributed by atoms with E-state index in [-0.39, 0.29) is 12.2 Å². The van der Waals surface area contributed by atoms with Gasteiger partial charge in [-0.05, 0) is 42.0 Å². The van der Waals surface area contributed by atoms with Gasteiger partial charge in [-0.2, -0.15) is 5.26 Å². The monoisotopic (exact) mass is 421 g/mol. The molecule has 0 unspecified atom stereocenters. The van der Waals surface area contributed by atoms with Crippen LogP contribution in [-0.2, 0) is 9.53 Å². The van der Waals surface area contributed by atoms with Crippen LogP contribution in [0, 0.1) is 23.7 Å². The van der Waals surface area contributed by atoms with Crippen molar-refractivity contribution in [3.63, 3.8) is 0 Å². The van der Waals surface area contributed by atoms with Crippen molar-refractivity contribution in [2.75, 3.05) is 43.1 Å². The summed E-state index contributed by atoms with van der Waals surface area (Å²) < 4.78 is 10.7. The van der Waals surface area contributed by atoms with Gasteiger partial charge in [0, 0.05) is 18.1 Å². The van der Waals surface area contributed by atoms with Gasteiger partial charge in [-0.25, -0.2) is 0 Å². The summed E-state index contributed by atoms with van der Waals surface area (Å²) in [5.74, 6) is 2.49. The largest absolute Gasteiger partial charge is 0.481 e. The number of nitrogens with one attached hydrogen (secondary N) is 1. The summed E-state index contributed by atoms with van der Waals surface area (Å²) in [7, 11) is 0. The molecule has 2 aromatic rings. The van der Waals surface area contributed by atoms with E-state index in [1.54, 1.807) is 36.4 Å². The van der Waals surface area contributed by atoms with Gasteiger partial charge in [0.1, 0.15) is 24.0 Å². The van der Waals surface area contributed by atoms with E-state index in [0.29, 0.717) is 48.3 Å². The van der Waals surface area contributed by atoms with Gasteiger partial charge >= 0.3 is 0 Å². The Balaban J connectivity index is 1.78. The van der Waals surface area contributed by atoms with Crippen molar-refractivity contribution in [3.8, 4) is 24.2 Å². The lowest BCUT2D eigenvalue weighted by Gasteiger charge is -2.30. The Bertz CT molecular complexity index is 1010. The van der Waals surface area contributed by atoms with Gasteiger partial charge in [-0.15, -0.1) is 6.42 Å². The number of anilines is 2. The molecular weight excluding hydrogens is 402 g/mol. The highest BCUT2D eigenvalue weighted by Crippen LogP contribution is 2.30. The number of benzene rings is 2. The molecule has 0 aliphatic carbocycles. The maximum absolute atomic E-state index is 12.8. The van der Waals surface area contributed by atoms with Crippen molar-refractivity contribution >= 4 is 35.0 Å². The molecule has 0 spiro atoms. The molecule has 2 aromatic carbocycles. The molecule has 152 valence electrons. The topological polar surface area (TPSA) is 74.6 Å². The molecule has 0 bridgehead atoms. The van der Waals surface area contributed by atoms with E-state index in [1.165, 1.54) is 6.08 Å². The number of rotatable bonds is 6. The fourth-order valence-corrected chi connectivity index (χ4v) is 3.15. The summed E-state index contributed by atoms with van der Waals surface area (Å²) in [4.78, 5) is 14.9. The summed E-state index contributed by atoms with van der Waals surface area (Å²) in [6, 6.07) is 14.2. The maximum atomic E-state index is 12.8. The minimum atomic E-state index is -0.512. The van der Waals surface area contributed by atoms with Crippen LogP contribution in [-0.4, -0.2) is 38.8 Å². The highest BCUT2D eigenvalue weighted by Gasteiger charge is 2.18. The minimum absolute atomic E-state index is 0.0276. The summed E-state index contributed by atoms with van der Waals surface area (Å²) in [6.07, 6.45) is 6.68. The Morgan fingerprint density at radius 1 is 1.27 bits per heavy atom. The molecular formula is C23H20ClN3O3. The fraction of sp³-hybridized carbons (Fsp3) is 0.217. The lowest BCUT2D eigenvalue weighted by atomic mass is 10.1. The lowest BCUT2D eigenvalue weighted by Crippen LogP contribution is -2.36. The average Bonchev–Trinajstić information content (AvgIpc) is 2.77. The third-order valence-corrected chi connectivity index (χ3v) is 4.67. The number of carbonyl (C=O) groups excluding carboxylic acids is 1. The summed E-state index contributed by atoms with van der Waals surface area (Å²) in [5.41, 5.74) is 2.05. The molecule has 6 nitrogen and oxygen atoms in total. The van der Waals surface area contributed by atoms with Gasteiger partial charge in [-0.3, -0.25) is 4.79 Å². The predicted octanol–water partition coefficient (Wildman–Crippen LogP) is 3.73. The second-order valence-electron chi connectivity index (χ2n) is 6.45. The maximum Gasteiger partial charge on any atom is 0.266 e. The highest BCUT2D eigenvalue weighted by molar-refractivity contribution is 6.31. The number of hydrogen-bond acceptors (Lipinski definition) is 5. The molecule has 3 rings (SSSR count). The molecule has 1 heterocycles. The van der Waals surface area contributed by atoms with Crippen LogP contribution in [0.2, 0.25) is 5.02 Å². The van der Waals surface area contributed by atoms with E-state index in [1.807, 2.05) is 12.1 Å². The number of nitriles is 1. The van der Waals surface area contributed by atoms with Gasteiger partial charge in [-0.1, -0.05) is 29.7 Å². The summed E-state index contributed by atoms with van der Waals surface area (Å²) >= 11 is 6.14. The second-order valence-corrected chi connectivity index (χ2v) is 6.88. The highest BCUT2D eigenvalue weighted by atomic mass is 35.5. The first-order chi connectivity index (χ1) is 14.6. The van der Waals surface area contributed by atoms with Crippen LogP contribution in [0.5, 0.6) is 5.75 Å². The van der Waals surface area contributed by atoms with Crippen LogP contribution in [0.4, 0.5) is 11.4 Å². The van der Waals surface area contributed by atoms with Gasteiger partial charge in [0.25, 0.3) is 5.91 Å². The van der Waals surface area contributed by atoms with Gasteiger partial charge in [0.15, 0.2) is 0 Å². The first kappa shape index (κ1) is 21.3. The first-order valence-corrected chi connectivity index (χ1v) is 9.70. The molecule has 1 aliphatic heterocycles. The number of carbonyl (C=O) groups is 1. The molecule has 7 heteroatoms. The summed E-state index contributed by atoms with van der Waals surface area (Å²) in [5, 5.41) is 12.8. The van der Waals surface area contributed by atoms with Crippen LogP contribution in [0.25, 0.3) is 6.08 Å². The zero-order chi connectivity index (χ0) is 21.3. The Morgan fingerprint density at radius 2 is 2.00 bits per heavy atom. The van der Waals surface area contributed by atoms with Crippen molar-refractivity contribution in [3.05, 3.63) is 58.6 Å². The zero-order valence-corrected chi connectivity index (χ0v) is 17.0. The van der Waals surface area contributed by atoms with Crippen molar-refractivity contribution in [2.24, 2.45) is 0 Å². The minimum Gasteiger partial charge on any atom is -0.481 e. The van der Waals surface area contributed by atoms with E-state index in [4.69, 9.17) is 27.5 Å². The normalized spacial score (nSPS) is 13.8. The number of nitrogens with zero attached hydrogens (tertiary/aromatic N) is 2. The van der Waals surface area contributed by atoms with E-state index in [2.05, 4.69) is 16.1 Å². The standard InChI is InChI=1S/C23H20ClN3O3/c1-2-11-30-20-6-3-17(4-7-20)14-18(16-25)23(28)26-21-15-19(24)5-8-22(21)27-9-12-29-13-10-27/h1,3-8,14-15H,9-13H2,(H,26,28)/b18-14-. The second kappa shape index (κ2) is 10.4. The number of hydrogen-bond donors (Lipinski definition) is 1. The molecule has 0 saturated carbocycles. The molecule has 1 amide bonds. The third kappa shape index (κ3) is 5.55. The SMILES string of the molecule is C#CCOc1ccc(/C=C(/C#N)C(=O)Nc2cc(Cl)ccc2N2CCOCC2)cc1. The van der Waals surface area contributed by atoms with Crippen LogP contribution in [0.15, 0.2) is 48.0 Å². The average molecular weight is 422 g/mol. The molecule has 1 saturated heterocycles. The molecule has 30 heavy (non-hydrogen) atoms. The zero-order valence-electron chi connectivity index (χ0n) is 16.2. The Kier molecular flexibility index (Phi) is 7.34. The number of terminal acetylenes is 1. The summed E-state index contributed by atoms with van der Waals surface area (Å²) in [6.45, 7) is 2.81. The van der Waals surface area contributed by atoms with Crippen LogP contribution in [0.1, 0.15) is 5.56 Å². The quantitative estimate of drug-likeness (QED) is 0.437. The van der Waals surface area contributed by atoms with Gasteiger partial charge < -0.3 is 19.7 Å². The van der Waals surface area contributed by atoms with E-state index < -0.39 is 5.91 Å². The Hall–Kier alpha value is -3.45. The molecule has 1 fully saturated rings. The third-order valence-electron chi connectivity index (χ3n) is 4.44. The lowest BCUT2D eigenvalue weighted by molar-refractivity contribution is -0.112. The number of halogens is 1. The van der Waals surface area contributed by atoms with E-state index >= 15 is 0 Å². The van der Waals surface area contributed by atoms with Gasteiger partial charge in [0.05, 0.1) is 24.6 Å². The molecule has 0 atom stereocenters. The number of ether oxygens (including phenoxy) is 2. The van der Waals surface area contributed by atoms with E-state index in [9.17, 15) is 10.1 Å². The fourth-order valence-electron chi connectivity index (χ4n) is 2.98. The Morgan fingerprint density at radius 3 is 2.67 bits per heavy atom. The predicted molar refractivity (Wildman–Crippen MR) is 117 cm³/mol. The van der Waals surface area contributed by atoms with Crippen molar-refractivity contribution in [1.82, 2.24) is 0 Å². The van der Waals surface area contributed by atoms with Crippen LogP contribution >= 0.6 is 11.6 Å². The molecule has 0 radical (unpaired) electrons.